The van der Waals surface area contributed by atoms with E-state index < -0.39 is 65.6 Å². The van der Waals surface area contributed by atoms with Crippen LogP contribution in [0.4, 0.5) is 9.93 Å². The van der Waals surface area contributed by atoms with Crippen LogP contribution in [0.1, 0.15) is 12.6 Å². The van der Waals surface area contributed by atoms with Crippen LogP contribution in [0.3, 0.4) is 0 Å². The van der Waals surface area contributed by atoms with Gasteiger partial charge in [-0.2, -0.15) is 0 Å². The molecule has 3 amide bonds. The maximum Gasteiger partial charge on any atom is 1.00 e. The third-order valence-electron chi connectivity index (χ3n) is 5.04. The average molecular weight is 609 g/mol. The van der Waals surface area contributed by atoms with E-state index >= 15 is 0 Å². The molecular formula is C20H21N6NaO11S2. The number of aliphatic carboxylic acids is 2. The number of aromatic nitrogens is 1. The zero-order chi connectivity index (χ0) is 28.9. The molecule has 1 saturated heterocycles. The van der Waals surface area contributed by atoms with Gasteiger partial charge in [-0.05, 0) is 0 Å². The van der Waals surface area contributed by atoms with Gasteiger partial charge < -0.3 is 40.4 Å². The fraction of sp³-hybridized carbons (Fsp3) is 0.400. The molecule has 0 unspecified atom stereocenters. The molecule has 17 nitrogen and oxygen atoms in total. The first-order valence-electron chi connectivity index (χ1n) is 10.8. The summed E-state index contributed by atoms with van der Waals surface area (Å²) in [6.45, 7) is 0.233. The van der Waals surface area contributed by atoms with Gasteiger partial charge in [-0.3, -0.25) is 29.4 Å². The molecule has 1 aromatic rings. The number of amides is 3. The van der Waals surface area contributed by atoms with Crippen LogP contribution in [-0.2, 0) is 38.3 Å². The fourth-order valence-corrected chi connectivity index (χ4v) is 5.29. The maximum absolute atomic E-state index is 13.0. The predicted molar refractivity (Wildman–Crippen MR) is 130 cm³/mol. The Hall–Kier alpha value is -3.23. The van der Waals surface area contributed by atoms with Crippen molar-refractivity contribution >= 4 is 69.8 Å². The Kier molecular flexibility index (Phi) is 11.9. The molecule has 0 radical (unpaired) electrons. The Morgan fingerprint density at radius 1 is 1.32 bits per heavy atom. The largest absolute Gasteiger partial charge is 1.00 e. The molecule has 3 atom stereocenters. The number of nitrogens with zero attached hydrogens (tertiary/aromatic N) is 3. The number of thiazole rings is 1. The van der Waals surface area contributed by atoms with Crippen LogP contribution < -0.4 is 51.0 Å². The van der Waals surface area contributed by atoms with E-state index in [0.717, 1.165) is 42.0 Å². The average Bonchev–Trinajstić information content (AvgIpc) is 3.34. The molecular weight excluding hydrogens is 587 g/mol. The second-order valence-corrected chi connectivity index (χ2v) is 9.67. The Balaban J connectivity index is 0.00000560. The van der Waals surface area contributed by atoms with Gasteiger partial charge in [0.25, 0.3) is 11.8 Å². The van der Waals surface area contributed by atoms with Crippen LogP contribution >= 0.6 is 23.1 Å². The number of carbonyl (C=O) groups is 6. The third-order valence-corrected chi connectivity index (χ3v) is 7.14. The molecule has 210 valence electrons. The maximum atomic E-state index is 13.0. The quantitative estimate of drug-likeness (QED) is 0.0601. The number of esters is 1. The monoisotopic (exact) mass is 608 g/mol. The fourth-order valence-electron chi connectivity index (χ4n) is 3.28. The predicted octanol–water partition coefficient (Wildman–Crippen LogP) is -5.57. The van der Waals surface area contributed by atoms with Crippen LogP contribution in [0.2, 0.25) is 0 Å². The Labute approximate surface area is 255 Å². The van der Waals surface area contributed by atoms with Crippen molar-refractivity contribution in [2.75, 3.05) is 31.4 Å². The van der Waals surface area contributed by atoms with E-state index in [-0.39, 0.29) is 64.0 Å². The number of fused-ring (bicyclic) bond motifs is 1. The summed E-state index contributed by atoms with van der Waals surface area (Å²) < 4.78 is 9.54. The SMILES string of the molecule is CON=C(C(=O)N[C@@H]1C(=O)N2C(C(=O)[O-])=C(COC(C)=O)CS[C@@H]12)c1csc(NC(=O)OC[C@@H](N)C(=O)O)n1.[Na+]. The van der Waals surface area contributed by atoms with Gasteiger partial charge in [0, 0.05) is 23.6 Å². The molecule has 0 aliphatic carbocycles. The molecule has 2 aliphatic rings. The minimum absolute atomic E-state index is 0. The summed E-state index contributed by atoms with van der Waals surface area (Å²) in [5.41, 5.74) is 4.61. The number of thioether (sulfide) groups is 1. The molecule has 20 heteroatoms. The van der Waals surface area contributed by atoms with E-state index in [4.69, 9.17) is 20.4 Å². The zero-order valence-corrected chi connectivity index (χ0v) is 24.8. The smallest absolute Gasteiger partial charge is 0.543 e. The van der Waals surface area contributed by atoms with Gasteiger partial charge in [-0.1, -0.05) is 5.16 Å². The molecule has 3 heterocycles. The standard InChI is InChI=1S/C20H22N6O11S2.Na/c1-7(27)36-3-8-5-38-16-12(15(29)26(16)13(8)18(32)33)23-14(28)11(25-35-2)10-6-39-19(22-10)24-20(34)37-4-9(21)17(30)31;/h6,9,12,16H,3-5,21H2,1-2H3,(H,23,28)(H,30,31)(H,32,33)(H,22,24,34);/q;+1/p-1/t9-,12-,16+;/m1./s1. The minimum Gasteiger partial charge on any atom is -0.543 e. The van der Waals surface area contributed by atoms with Crippen molar-refractivity contribution in [3.63, 3.8) is 0 Å². The second kappa shape index (κ2) is 14.4. The topological polar surface area (TPSA) is 252 Å². The summed E-state index contributed by atoms with van der Waals surface area (Å²) in [7, 11) is 1.16. The molecule has 3 rings (SSSR count). The van der Waals surface area contributed by atoms with Gasteiger partial charge in [0.05, 0.1) is 11.7 Å². The Morgan fingerprint density at radius 2 is 2.02 bits per heavy atom. The number of oxime groups is 1. The van der Waals surface area contributed by atoms with E-state index in [1.807, 2.05) is 0 Å². The number of hydrogen-bond acceptors (Lipinski definition) is 15. The Morgan fingerprint density at radius 3 is 2.62 bits per heavy atom. The first kappa shape index (κ1) is 33.0. The molecule has 40 heavy (non-hydrogen) atoms. The zero-order valence-electron chi connectivity index (χ0n) is 21.2. The summed E-state index contributed by atoms with van der Waals surface area (Å²) in [4.78, 5) is 80.8. The number of hydrogen-bond donors (Lipinski definition) is 4. The number of ether oxygens (including phenoxy) is 2. The number of nitrogens with two attached hydrogens (primary N) is 1. The van der Waals surface area contributed by atoms with Crippen molar-refractivity contribution in [1.82, 2.24) is 15.2 Å². The van der Waals surface area contributed by atoms with Crippen LogP contribution in [0, 0.1) is 0 Å². The summed E-state index contributed by atoms with van der Waals surface area (Å²) >= 11 is 2.02. The number of β-lactam (4-membered cyclic amide) rings is 1. The number of carboxylic acids is 2. The molecule has 5 N–H and O–H groups in total. The molecule has 0 saturated carbocycles. The normalized spacial score (nSPS) is 18.8. The van der Waals surface area contributed by atoms with Gasteiger partial charge in [-0.25, -0.2) is 9.78 Å². The number of nitrogens with one attached hydrogen (secondary N) is 2. The minimum atomic E-state index is -1.63. The van der Waals surface area contributed by atoms with Gasteiger partial charge in [0.1, 0.15) is 43.5 Å². The summed E-state index contributed by atoms with van der Waals surface area (Å²) in [5.74, 6) is -5.14. The third kappa shape index (κ3) is 7.70. The number of carboxylic acid groups (broad SMARTS) is 2. The Bertz CT molecular complexity index is 1270. The number of anilines is 1. The molecule has 0 spiro atoms. The second-order valence-electron chi connectivity index (χ2n) is 7.71. The van der Waals surface area contributed by atoms with Gasteiger partial charge in [0.2, 0.25) is 0 Å². The van der Waals surface area contributed by atoms with Crippen LogP contribution in [0.15, 0.2) is 21.8 Å². The molecule has 2 aliphatic heterocycles. The van der Waals surface area contributed by atoms with Crippen LogP contribution in [0.25, 0.3) is 0 Å². The van der Waals surface area contributed by atoms with Gasteiger partial charge in [0.15, 0.2) is 10.8 Å². The van der Waals surface area contributed by atoms with Gasteiger partial charge >= 0.3 is 47.6 Å². The van der Waals surface area contributed by atoms with Crippen LogP contribution in [-0.4, -0.2) is 100 Å². The van der Waals surface area contributed by atoms with Crippen molar-refractivity contribution in [3.8, 4) is 0 Å². The van der Waals surface area contributed by atoms with E-state index in [1.165, 1.54) is 5.38 Å². The van der Waals surface area contributed by atoms with E-state index in [9.17, 15) is 33.9 Å². The number of carbonyl (C=O) groups excluding carboxylic acids is 5. The van der Waals surface area contributed by atoms with Crippen LogP contribution in [0.5, 0.6) is 0 Å². The van der Waals surface area contributed by atoms with Crippen molar-refractivity contribution in [2.45, 2.75) is 24.4 Å². The van der Waals surface area contributed by atoms with Gasteiger partial charge in [-0.15, -0.1) is 23.1 Å². The molecule has 1 fully saturated rings. The summed E-state index contributed by atoms with van der Waals surface area (Å²) in [6.07, 6.45) is -1.04. The van der Waals surface area contributed by atoms with E-state index in [1.54, 1.807) is 0 Å². The number of rotatable bonds is 11. The summed E-state index contributed by atoms with van der Waals surface area (Å²) in [6, 6.07) is -2.54. The molecule has 0 aromatic carbocycles. The van der Waals surface area contributed by atoms with Crippen molar-refractivity contribution < 1.29 is 82.8 Å². The first-order chi connectivity index (χ1) is 18.4. The van der Waals surface area contributed by atoms with Crippen molar-refractivity contribution in [2.24, 2.45) is 10.9 Å². The first-order valence-corrected chi connectivity index (χ1v) is 12.7. The van der Waals surface area contributed by atoms with Crippen molar-refractivity contribution in [1.29, 1.82) is 0 Å². The van der Waals surface area contributed by atoms with Crippen molar-refractivity contribution in [3.05, 3.63) is 22.3 Å². The van der Waals surface area contributed by atoms with E-state index in [2.05, 4.69) is 25.5 Å². The van der Waals surface area contributed by atoms with E-state index in [0.29, 0.717) is 0 Å². The molecule has 1 aromatic heterocycles. The molecule has 0 bridgehead atoms. The summed E-state index contributed by atoms with van der Waals surface area (Å²) in [5, 5.41) is 29.3.